The van der Waals surface area contributed by atoms with Crippen LogP contribution in [0.2, 0.25) is 0 Å². The molecule has 6 nitrogen and oxygen atoms in total. The molecule has 3 aromatic rings. The van der Waals surface area contributed by atoms with E-state index >= 15 is 0 Å². The number of nitrogens with one attached hydrogen (secondary N) is 1. The molecule has 0 aliphatic carbocycles. The van der Waals surface area contributed by atoms with E-state index in [0.717, 1.165) is 16.7 Å². The number of hydrogen-bond donors (Lipinski definition) is 1. The third-order valence-corrected chi connectivity index (χ3v) is 5.40. The summed E-state index contributed by atoms with van der Waals surface area (Å²) in [6.45, 7) is 3.94. The molecule has 0 aliphatic heterocycles. The summed E-state index contributed by atoms with van der Waals surface area (Å²) >= 11 is 0. The van der Waals surface area contributed by atoms with E-state index in [9.17, 15) is 14.4 Å². The molecule has 0 fully saturated rings. The van der Waals surface area contributed by atoms with Gasteiger partial charge in [0.05, 0.1) is 5.56 Å². The maximum Gasteiger partial charge on any atom is 0.255 e. The van der Waals surface area contributed by atoms with Crippen LogP contribution in [-0.2, 0) is 22.6 Å². The van der Waals surface area contributed by atoms with Crippen molar-refractivity contribution in [2.45, 2.75) is 32.9 Å². The smallest absolute Gasteiger partial charge is 0.255 e. The standard InChI is InChI=1S/C28H30N2O4/c1-20-13-15-22(16-14-20)17-24(31)19-34-26-12-8-7-11-25(26)27(32)29-21(2)28(33)30(3)18-23-9-5-4-6-10-23/h4-16,21H,17-19H2,1-3H3,(H,29,32)/t21-/m0/s1. The van der Waals surface area contributed by atoms with Crippen LogP contribution in [-0.4, -0.2) is 42.2 Å². The molecule has 176 valence electrons. The molecule has 0 aliphatic rings. The SMILES string of the molecule is Cc1ccc(CC(=O)COc2ccccc2C(=O)N[C@@H](C)C(=O)N(C)Cc2ccccc2)cc1. The van der Waals surface area contributed by atoms with E-state index in [4.69, 9.17) is 4.74 Å². The predicted octanol–water partition coefficient (Wildman–Crippen LogP) is 3.96. The third-order valence-electron chi connectivity index (χ3n) is 5.40. The average molecular weight is 459 g/mol. The molecule has 0 radical (unpaired) electrons. The molecule has 0 saturated carbocycles. The normalized spacial score (nSPS) is 11.4. The van der Waals surface area contributed by atoms with Gasteiger partial charge >= 0.3 is 0 Å². The summed E-state index contributed by atoms with van der Waals surface area (Å²) in [5, 5.41) is 2.74. The Hall–Kier alpha value is -3.93. The third kappa shape index (κ3) is 7.04. The van der Waals surface area contributed by atoms with Crippen LogP contribution in [0.25, 0.3) is 0 Å². The van der Waals surface area contributed by atoms with Gasteiger partial charge in [-0.2, -0.15) is 0 Å². The second-order valence-corrected chi connectivity index (χ2v) is 8.36. The zero-order chi connectivity index (χ0) is 24.5. The first kappa shape index (κ1) is 24.7. The minimum absolute atomic E-state index is 0.0925. The van der Waals surface area contributed by atoms with Gasteiger partial charge in [0.2, 0.25) is 5.91 Å². The molecule has 0 bridgehead atoms. The van der Waals surface area contributed by atoms with Crippen LogP contribution < -0.4 is 10.1 Å². The molecule has 0 spiro atoms. The number of likely N-dealkylation sites (N-methyl/N-ethyl adjacent to an activating group) is 1. The summed E-state index contributed by atoms with van der Waals surface area (Å²) < 4.78 is 5.68. The van der Waals surface area contributed by atoms with Gasteiger partial charge in [0.25, 0.3) is 5.91 Å². The van der Waals surface area contributed by atoms with Crippen molar-refractivity contribution in [3.8, 4) is 5.75 Å². The van der Waals surface area contributed by atoms with Crippen molar-refractivity contribution in [3.05, 3.63) is 101 Å². The van der Waals surface area contributed by atoms with E-state index in [2.05, 4.69) is 5.32 Å². The Balaban J connectivity index is 1.57. The minimum atomic E-state index is -0.725. The zero-order valence-electron chi connectivity index (χ0n) is 19.8. The molecule has 6 heteroatoms. The van der Waals surface area contributed by atoms with Crippen molar-refractivity contribution in [2.24, 2.45) is 0 Å². The molecule has 0 unspecified atom stereocenters. The second-order valence-electron chi connectivity index (χ2n) is 8.36. The van der Waals surface area contributed by atoms with Gasteiger partial charge in [-0.15, -0.1) is 0 Å². The number of hydrogen-bond acceptors (Lipinski definition) is 4. The summed E-state index contributed by atoms with van der Waals surface area (Å²) in [7, 11) is 1.70. The van der Waals surface area contributed by atoms with Crippen LogP contribution in [0.5, 0.6) is 5.75 Å². The number of para-hydroxylation sites is 1. The largest absolute Gasteiger partial charge is 0.485 e. The lowest BCUT2D eigenvalue weighted by Gasteiger charge is -2.22. The van der Waals surface area contributed by atoms with E-state index in [1.165, 1.54) is 0 Å². The highest BCUT2D eigenvalue weighted by Gasteiger charge is 2.22. The van der Waals surface area contributed by atoms with Gasteiger partial charge in [0.15, 0.2) is 5.78 Å². The van der Waals surface area contributed by atoms with Crippen molar-refractivity contribution >= 4 is 17.6 Å². The number of amides is 2. The number of nitrogens with zero attached hydrogens (tertiary/aromatic N) is 1. The Morgan fingerprint density at radius 1 is 0.882 bits per heavy atom. The van der Waals surface area contributed by atoms with Crippen molar-refractivity contribution in [1.29, 1.82) is 0 Å². The van der Waals surface area contributed by atoms with E-state index < -0.39 is 11.9 Å². The Kier molecular flexibility index (Phi) is 8.57. The molecule has 1 atom stereocenters. The molecule has 0 saturated heterocycles. The summed E-state index contributed by atoms with van der Waals surface area (Å²) in [4.78, 5) is 39.6. The maximum absolute atomic E-state index is 12.9. The molecule has 3 aromatic carbocycles. The topological polar surface area (TPSA) is 75.7 Å². The van der Waals surface area contributed by atoms with Crippen LogP contribution in [0.3, 0.4) is 0 Å². The molecular weight excluding hydrogens is 428 g/mol. The average Bonchev–Trinajstić information content (AvgIpc) is 2.84. The highest BCUT2D eigenvalue weighted by Crippen LogP contribution is 2.18. The van der Waals surface area contributed by atoms with Crippen LogP contribution in [0.1, 0.15) is 34.0 Å². The number of carbonyl (C=O) groups is 3. The predicted molar refractivity (Wildman–Crippen MR) is 132 cm³/mol. The molecule has 0 aromatic heterocycles. The van der Waals surface area contributed by atoms with E-state index in [-0.39, 0.29) is 30.3 Å². The second kappa shape index (κ2) is 11.8. The van der Waals surface area contributed by atoms with Gasteiger partial charge in [0.1, 0.15) is 18.4 Å². The van der Waals surface area contributed by atoms with Crippen LogP contribution in [0.15, 0.2) is 78.9 Å². The summed E-state index contributed by atoms with van der Waals surface area (Å²) in [5.41, 5.74) is 3.32. The van der Waals surface area contributed by atoms with Gasteiger partial charge in [-0.1, -0.05) is 72.3 Å². The monoisotopic (exact) mass is 458 g/mol. The lowest BCUT2D eigenvalue weighted by Crippen LogP contribution is -2.45. The van der Waals surface area contributed by atoms with Gasteiger partial charge in [-0.05, 0) is 37.1 Å². The van der Waals surface area contributed by atoms with Gasteiger partial charge < -0.3 is 15.0 Å². The van der Waals surface area contributed by atoms with Gasteiger partial charge in [0, 0.05) is 20.0 Å². The van der Waals surface area contributed by atoms with Crippen LogP contribution in [0.4, 0.5) is 0 Å². The summed E-state index contributed by atoms with van der Waals surface area (Å²) in [6, 6.07) is 23.4. The lowest BCUT2D eigenvalue weighted by atomic mass is 10.1. The number of aryl methyl sites for hydroxylation is 1. The van der Waals surface area contributed by atoms with Crippen molar-refractivity contribution in [2.75, 3.05) is 13.7 Å². The number of benzene rings is 3. The quantitative estimate of drug-likeness (QED) is 0.499. The Morgan fingerprint density at radius 2 is 1.53 bits per heavy atom. The van der Waals surface area contributed by atoms with Crippen LogP contribution >= 0.6 is 0 Å². The first-order valence-electron chi connectivity index (χ1n) is 11.2. The summed E-state index contributed by atoms with van der Waals surface area (Å²) in [6.07, 6.45) is 0.258. The minimum Gasteiger partial charge on any atom is -0.485 e. The molecule has 0 heterocycles. The van der Waals surface area contributed by atoms with Gasteiger partial charge in [-0.3, -0.25) is 14.4 Å². The molecule has 1 N–H and O–H groups in total. The fourth-order valence-corrected chi connectivity index (χ4v) is 3.52. The lowest BCUT2D eigenvalue weighted by molar-refractivity contribution is -0.132. The Bertz CT molecular complexity index is 1130. The van der Waals surface area contributed by atoms with Crippen molar-refractivity contribution in [1.82, 2.24) is 10.2 Å². The highest BCUT2D eigenvalue weighted by molar-refractivity contribution is 5.99. The first-order chi connectivity index (χ1) is 16.3. The molecule has 34 heavy (non-hydrogen) atoms. The molecule has 2 amide bonds. The number of ketones is 1. The Labute approximate surface area is 200 Å². The van der Waals surface area contributed by atoms with Crippen molar-refractivity contribution < 1.29 is 19.1 Å². The maximum atomic E-state index is 12.9. The van der Waals surface area contributed by atoms with E-state index in [1.54, 1.807) is 43.1 Å². The highest BCUT2D eigenvalue weighted by atomic mass is 16.5. The molecule has 3 rings (SSSR count). The fraction of sp³-hybridized carbons (Fsp3) is 0.250. The van der Waals surface area contributed by atoms with Crippen molar-refractivity contribution in [3.63, 3.8) is 0 Å². The molecular formula is C28H30N2O4. The first-order valence-corrected chi connectivity index (χ1v) is 11.2. The fourth-order valence-electron chi connectivity index (χ4n) is 3.52. The van der Waals surface area contributed by atoms with E-state index in [1.807, 2.05) is 61.5 Å². The Morgan fingerprint density at radius 3 is 2.24 bits per heavy atom. The number of carbonyl (C=O) groups excluding carboxylic acids is 3. The van der Waals surface area contributed by atoms with Gasteiger partial charge in [-0.25, -0.2) is 0 Å². The summed E-state index contributed by atoms with van der Waals surface area (Å²) in [5.74, 6) is -0.431. The number of Topliss-reactive ketones (excluding diaryl/α,β-unsaturated/α-hetero) is 1. The van der Waals surface area contributed by atoms with Crippen LogP contribution in [0, 0.1) is 6.92 Å². The van der Waals surface area contributed by atoms with E-state index in [0.29, 0.717) is 12.3 Å². The zero-order valence-corrected chi connectivity index (χ0v) is 19.8. The number of rotatable bonds is 10. The number of ether oxygens (including phenoxy) is 1.